The van der Waals surface area contributed by atoms with Gasteiger partial charge in [-0.05, 0) is 42.6 Å². The molecule has 8 heteroatoms. The quantitative estimate of drug-likeness (QED) is 0.413. The van der Waals surface area contributed by atoms with E-state index >= 15 is 0 Å². The minimum Gasteiger partial charge on any atom is -0.465 e. The zero-order valence-corrected chi connectivity index (χ0v) is 14.4. The van der Waals surface area contributed by atoms with Crippen LogP contribution in [0.1, 0.15) is 5.76 Å². The van der Waals surface area contributed by atoms with Crippen LogP contribution in [0.3, 0.4) is 0 Å². The third-order valence-corrected chi connectivity index (χ3v) is 3.87. The monoisotopic (exact) mass is 362 g/mol. The zero-order valence-electron chi connectivity index (χ0n) is 13.5. The van der Waals surface area contributed by atoms with Crippen LogP contribution in [-0.2, 0) is 0 Å². The van der Waals surface area contributed by atoms with Crippen molar-refractivity contribution in [2.45, 2.75) is 0 Å². The van der Waals surface area contributed by atoms with Crippen molar-refractivity contribution in [2.24, 2.45) is 5.10 Å². The normalized spacial score (nSPS) is 11.7. The molecule has 128 valence electrons. The Kier molecular flexibility index (Phi) is 4.40. The van der Waals surface area contributed by atoms with Crippen molar-refractivity contribution in [2.75, 3.05) is 0 Å². The average Bonchev–Trinajstić information content (AvgIpc) is 3.41. The van der Waals surface area contributed by atoms with E-state index in [9.17, 15) is 0 Å². The maximum absolute atomic E-state index is 5.26. The zero-order chi connectivity index (χ0) is 17.8. The number of aromatic amines is 2. The summed E-state index contributed by atoms with van der Waals surface area (Å²) < 4.78 is 7.14. The Morgan fingerprint density at radius 3 is 2.77 bits per heavy atom. The number of H-pyrrole nitrogens is 2. The maximum Gasteiger partial charge on any atom is 0.216 e. The fourth-order valence-electron chi connectivity index (χ4n) is 2.40. The van der Waals surface area contributed by atoms with Gasteiger partial charge in [0.2, 0.25) is 10.6 Å². The molecule has 3 heterocycles. The molecule has 0 bridgehead atoms. The Morgan fingerprint density at radius 1 is 1.08 bits per heavy atom. The first kappa shape index (κ1) is 16.0. The van der Waals surface area contributed by atoms with Gasteiger partial charge < -0.3 is 4.42 Å². The first-order valence-corrected chi connectivity index (χ1v) is 8.25. The standard InChI is InChI=1S/C18H14N6OS/c26-18-23-22-17(24(18)19-10-4-8-14-9-5-11-25-14)16-12-15(20-21-16)13-6-2-1-3-7-13/h1-12H,(H,20,21)(H,23,26)/b8-4+,19-10?. The number of nitrogens with zero attached hydrogens (tertiary/aromatic N) is 4. The molecule has 0 atom stereocenters. The van der Waals surface area contributed by atoms with Crippen LogP contribution in [0.2, 0.25) is 0 Å². The Morgan fingerprint density at radius 2 is 1.96 bits per heavy atom. The summed E-state index contributed by atoms with van der Waals surface area (Å²) in [6.45, 7) is 0. The predicted octanol–water partition coefficient (Wildman–Crippen LogP) is 4.14. The Hall–Kier alpha value is -3.52. The summed E-state index contributed by atoms with van der Waals surface area (Å²) in [5, 5.41) is 18.7. The van der Waals surface area contributed by atoms with Crippen LogP contribution in [0, 0.1) is 4.77 Å². The molecule has 0 saturated heterocycles. The summed E-state index contributed by atoms with van der Waals surface area (Å²) in [5.41, 5.74) is 2.55. The van der Waals surface area contributed by atoms with E-state index in [-0.39, 0.29) is 0 Å². The lowest BCUT2D eigenvalue weighted by atomic mass is 10.1. The molecule has 0 radical (unpaired) electrons. The first-order chi connectivity index (χ1) is 12.8. The van der Waals surface area contributed by atoms with Gasteiger partial charge in [0.05, 0.1) is 12.0 Å². The van der Waals surface area contributed by atoms with Crippen molar-refractivity contribution in [1.29, 1.82) is 0 Å². The van der Waals surface area contributed by atoms with E-state index in [1.165, 1.54) is 4.68 Å². The number of benzene rings is 1. The molecule has 0 fully saturated rings. The molecule has 0 aliphatic heterocycles. The Bertz CT molecular complexity index is 1100. The molecule has 7 nitrogen and oxygen atoms in total. The molecule has 0 aliphatic rings. The van der Waals surface area contributed by atoms with E-state index in [1.54, 1.807) is 24.6 Å². The van der Waals surface area contributed by atoms with Gasteiger partial charge in [0.25, 0.3) is 0 Å². The van der Waals surface area contributed by atoms with Crippen molar-refractivity contribution >= 4 is 24.5 Å². The summed E-state index contributed by atoms with van der Waals surface area (Å²) in [5.74, 6) is 1.29. The number of nitrogens with one attached hydrogen (secondary N) is 2. The predicted molar refractivity (Wildman–Crippen MR) is 102 cm³/mol. The molecule has 0 unspecified atom stereocenters. The van der Waals surface area contributed by atoms with Gasteiger partial charge in [-0.3, -0.25) is 5.10 Å². The largest absolute Gasteiger partial charge is 0.465 e. The fraction of sp³-hybridized carbons (Fsp3) is 0. The van der Waals surface area contributed by atoms with Gasteiger partial charge in [-0.1, -0.05) is 30.3 Å². The highest BCUT2D eigenvalue weighted by Crippen LogP contribution is 2.22. The molecule has 0 aliphatic carbocycles. The smallest absolute Gasteiger partial charge is 0.216 e. The SMILES string of the molecule is S=c1[nH]nc(-c2cc(-c3ccccc3)n[nH]2)n1N=C/C=C/c1ccco1. The summed E-state index contributed by atoms with van der Waals surface area (Å²) in [7, 11) is 0. The summed E-state index contributed by atoms with van der Waals surface area (Å²) >= 11 is 5.26. The van der Waals surface area contributed by atoms with Crippen molar-refractivity contribution in [3.05, 3.63) is 71.4 Å². The van der Waals surface area contributed by atoms with E-state index in [0.717, 1.165) is 17.0 Å². The van der Waals surface area contributed by atoms with Gasteiger partial charge in [0.15, 0.2) is 0 Å². The topological polar surface area (TPSA) is 87.8 Å². The molecule has 26 heavy (non-hydrogen) atoms. The van der Waals surface area contributed by atoms with Crippen LogP contribution < -0.4 is 0 Å². The number of allylic oxidation sites excluding steroid dienone is 1. The second kappa shape index (κ2) is 7.16. The van der Waals surface area contributed by atoms with Gasteiger partial charge in [-0.2, -0.15) is 20.0 Å². The molecule has 1 aromatic carbocycles. The van der Waals surface area contributed by atoms with Crippen molar-refractivity contribution in [1.82, 2.24) is 25.1 Å². The minimum absolute atomic E-state index is 0.388. The number of hydrogen-bond donors (Lipinski definition) is 2. The second-order valence-corrected chi connectivity index (χ2v) is 5.72. The highest BCUT2D eigenvalue weighted by atomic mass is 32.1. The second-order valence-electron chi connectivity index (χ2n) is 5.34. The summed E-state index contributed by atoms with van der Waals surface area (Å²) in [4.78, 5) is 0. The lowest BCUT2D eigenvalue weighted by Gasteiger charge is -1.96. The third kappa shape index (κ3) is 3.31. The van der Waals surface area contributed by atoms with E-state index < -0.39 is 0 Å². The minimum atomic E-state index is 0.388. The van der Waals surface area contributed by atoms with E-state index in [0.29, 0.717) is 16.3 Å². The lowest BCUT2D eigenvalue weighted by Crippen LogP contribution is -1.93. The molecule has 0 spiro atoms. The van der Waals surface area contributed by atoms with Gasteiger partial charge in [0.1, 0.15) is 11.5 Å². The van der Waals surface area contributed by atoms with E-state index in [4.69, 9.17) is 16.6 Å². The van der Waals surface area contributed by atoms with Crippen LogP contribution in [0.15, 0.2) is 70.4 Å². The van der Waals surface area contributed by atoms with E-state index in [2.05, 4.69) is 25.5 Å². The lowest BCUT2D eigenvalue weighted by molar-refractivity contribution is 0.557. The molecular weight excluding hydrogens is 348 g/mol. The van der Waals surface area contributed by atoms with E-state index in [1.807, 2.05) is 48.5 Å². The van der Waals surface area contributed by atoms with Crippen LogP contribution in [0.4, 0.5) is 0 Å². The summed E-state index contributed by atoms with van der Waals surface area (Å²) in [6.07, 6.45) is 6.80. The molecule has 4 aromatic rings. The molecule has 2 N–H and O–H groups in total. The Labute approximate surface area is 153 Å². The van der Waals surface area contributed by atoms with Gasteiger partial charge >= 0.3 is 0 Å². The van der Waals surface area contributed by atoms with Gasteiger partial charge in [-0.15, -0.1) is 0 Å². The Balaban J connectivity index is 1.61. The third-order valence-electron chi connectivity index (χ3n) is 3.61. The molecule has 3 aromatic heterocycles. The first-order valence-electron chi connectivity index (χ1n) is 7.84. The number of rotatable bonds is 5. The van der Waals surface area contributed by atoms with Crippen molar-refractivity contribution in [3.8, 4) is 22.8 Å². The van der Waals surface area contributed by atoms with Gasteiger partial charge in [0, 0.05) is 11.8 Å². The molecule has 4 rings (SSSR count). The maximum atomic E-state index is 5.26. The molecular formula is C18H14N6OS. The van der Waals surface area contributed by atoms with Crippen molar-refractivity contribution < 1.29 is 4.42 Å². The fourth-order valence-corrected chi connectivity index (χ4v) is 2.57. The van der Waals surface area contributed by atoms with Gasteiger partial charge in [-0.25, -0.2) is 5.10 Å². The summed E-state index contributed by atoms with van der Waals surface area (Å²) in [6, 6.07) is 15.5. The molecule has 0 amide bonds. The highest BCUT2D eigenvalue weighted by Gasteiger charge is 2.12. The number of furan rings is 1. The van der Waals surface area contributed by atoms with Crippen molar-refractivity contribution in [3.63, 3.8) is 0 Å². The number of aromatic nitrogens is 5. The molecule has 0 saturated carbocycles. The van der Waals surface area contributed by atoms with Crippen LogP contribution in [0.25, 0.3) is 28.9 Å². The van der Waals surface area contributed by atoms with Crippen LogP contribution in [-0.4, -0.2) is 31.3 Å². The number of hydrogen-bond acceptors (Lipinski definition) is 5. The van der Waals surface area contributed by atoms with Crippen LogP contribution in [0.5, 0.6) is 0 Å². The average molecular weight is 362 g/mol. The highest BCUT2D eigenvalue weighted by molar-refractivity contribution is 7.71. The van der Waals surface area contributed by atoms with Crippen LogP contribution >= 0.6 is 12.2 Å².